The summed E-state index contributed by atoms with van der Waals surface area (Å²) in [4.78, 5) is 34.2. The van der Waals surface area contributed by atoms with E-state index >= 15 is 0 Å². The molecule has 0 bridgehead atoms. The Morgan fingerprint density at radius 2 is 2.00 bits per heavy atom. The fourth-order valence-electron chi connectivity index (χ4n) is 4.33. The molecule has 3 heterocycles. The zero-order chi connectivity index (χ0) is 20.2. The van der Waals surface area contributed by atoms with Crippen LogP contribution in [-0.2, 0) is 4.79 Å². The number of benzene rings is 1. The average molecular weight is 397 g/mol. The van der Waals surface area contributed by atoms with E-state index in [0.29, 0.717) is 37.4 Å². The highest BCUT2D eigenvalue weighted by molar-refractivity contribution is 6.00. The van der Waals surface area contributed by atoms with E-state index in [2.05, 4.69) is 10.1 Å². The SMILES string of the molecule is CCOc1ccccc1C(=O)N1CCCC1C(=O)N1CCCC(n2cncn2)C1. The lowest BCUT2D eigenvalue weighted by molar-refractivity contribution is -0.137. The maximum absolute atomic E-state index is 13.3. The normalized spacial score (nSPS) is 22.0. The van der Waals surface area contributed by atoms with Crippen molar-refractivity contribution in [1.29, 1.82) is 0 Å². The minimum Gasteiger partial charge on any atom is -0.493 e. The van der Waals surface area contributed by atoms with Crippen molar-refractivity contribution >= 4 is 11.8 Å². The summed E-state index contributed by atoms with van der Waals surface area (Å²) in [6.07, 6.45) is 6.65. The first-order valence-corrected chi connectivity index (χ1v) is 10.3. The number of rotatable bonds is 5. The number of amides is 2. The van der Waals surface area contributed by atoms with Crippen molar-refractivity contribution in [3.63, 3.8) is 0 Å². The van der Waals surface area contributed by atoms with Crippen LogP contribution in [0, 0.1) is 0 Å². The van der Waals surface area contributed by atoms with E-state index in [1.165, 1.54) is 6.33 Å². The number of aromatic nitrogens is 3. The van der Waals surface area contributed by atoms with E-state index in [0.717, 1.165) is 25.8 Å². The summed E-state index contributed by atoms with van der Waals surface area (Å²) in [6.45, 7) is 4.31. The molecular weight excluding hydrogens is 370 g/mol. The van der Waals surface area contributed by atoms with Crippen LogP contribution in [0.2, 0.25) is 0 Å². The summed E-state index contributed by atoms with van der Waals surface area (Å²) in [5.74, 6) is 0.478. The number of ether oxygens (including phenoxy) is 1. The fourth-order valence-corrected chi connectivity index (χ4v) is 4.33. The Morgan fingerprint density at radius 1 is 1.17 bits per heavy atom. The van der Waals surface area contributed by atoms with Crippen LogP contribution in [0.5, 0.6) is 5.75 Å². The van der Waals surface area contributed by atoms with Gasteiger partial charge in [0.05, 0.1) is 18.2 Å². The predicted molar refractivity (Wildman–Crippen MR) is 107 cm³/mol. The Bertz CT molecular complexity index is 854. The number of hydrogen-bond donors (Lipinski definition) is 0. The smallest absolute Gasteiger partial charge is 0.258 e. The molecule has 29 heavy (non-hydrogen) atoms. The Balaban J connectivity index is 1.49. The van der Waals surface area contributed by atoms with E-state index in [-0.39, 0.29) is 17.9 Å². The van der Waals surface area contributed by atoms with Crippen molar-refractivity contribution in [3.8, 4) is 5.75 Å². The Labute approximate surface area is 170 Å². The second-order valence-electron chi connectivity index (χ2n) is 7.54. The van der Waals surface area contributed by atoms with Gasteiger partial charge in [-0.1, -0.05) is 12.1 Å². The third-order valence-corrected chi connectivity index (χ3v) is 5.73. The Hall–Kier alpha value is -2.90. The van der Waals surface area contributed by atoms with Gasteiger partial charge in [-0.3, -0.25) is 9.59 Å². The summed E-state index contributed by atoms with van der Waals surface area (Å²) in [5, 5.41) is 4.23. The molecule has 0 radical (unpaired) electrons. The first-order chi connectivity index (χ1) is 14.2. The van der Waals surface area contributed by atoms with E-state index in [9.17, 15) is 9.59 Å². The highest BCUT2D eigenvalue weighted by Gasteiger charge is 2.39. The van der Waals surface area contributed by atoms with Gasteiger partial charge in [0.1, 0.15) is 24.4 Å². The van der Waals surface area contributed by atoms with E-state index in [1.54, 1.807) is 23.4 Å². The topological polar surface area (TPSA) is 80.6 Å². The van der Waals surface area contributed by atoms with Crippen LogP contribution in [0.15, 0.2) is 36.9 Å². The third-order valence-electron chi connectivity index (χ3n) is 5.73. The molecule has 2 aliphatic rings. The van der Waals surface area contributed by atoms with Crippen molar-refractivity contribution in [1.82, 2.24) is 24.6 Å². The molecule has 0 spiro atoms. The summed E-state index contributed by atoms with van der Waals surface area (Å²) >= 11 is 0. The number of carbonyl (C=O) groups excluding carboxylic acids is 2. The summed E-state index contributed by atoms with van der Waals surface area (Å²) in [5.41, 5.74) is 0.521. The van der Waals surface area contributed by atoms with Crippen LogP contribution in [0.25, 0.3) is 0 Å². The zero-order valence-corrected chi connectivity index (χ0v) is 16.7. The summed E-state index contributed by atoms with van der Waals surface area (Å²) in [6, 6.07) is 6.99. The van der Waals surface area contributed by atoms with Crippen LogP contribution >= 0.6 is 0 Å². The van der Waals surface area contributed by atoms with Crippen molar-refractivity contribution in [2.24, 2.45) is 0 Å². The first-order valence-electron chi connectivity index (χ1n) is 10.3. The van der Waals surface area contributed by atoms with Crippen LogP contribution in [0.4, 0.5) is 0 Å². The van der Waals surface area contributed by atoms with E-state index in [4.69, 9.17) is 4.74 Å². The quantitative estimate of drug-likeness (QED) is 0.772. The lowest BCUT2D eigenvalue weighted by atomic mass is 10.0. The van der Waals surface area contributed by atoms with Gasteiger partial charge in [0, 0.05) is 19.6 Å². The van der Waals surface area contributed by atoms with E-state index < -0.39 is 6.04 Å². The van der Waals surface area contributed by atoms with Crippen LogP contribution in [0.1, 0.15) is 49.0 Å². The molecule has 1 aromatic carbocycles. The number of para-hydroxylation sites is 1. The molecule has 1 aromatic heterocycles. The lowest BCUT2D eigenvalue weighted by Crippen LogP contribution is -2.50. The zero-order valence-electron chi connectivity index (χ0n) is 16.7. The monoisotopic (exact) mass is 397 g/mol. The number of piperidine rings is 1. The van der Waals surface area contributed by atoms with Gasteiger partial charge in [-0.15, -0.1) is 0 Å². The molecule has 4 rings (SSSR count). The molecule has 2 amide bonds. The van der Waals surface area contributed by atoms with E-state index in [1.807, 2.05) is 28.6 Å². The van der Waals surface area contributed by atoms with Crippen molar-refractivity contribution in [3.05, 3.63) is 42.5 Å². The maximum atomic E-state index is 13.3. The number of hydrogen-bond acceptors (Lipinski definition) is 5. The maximum Gasteiger partial charge on any atom is 0.258 e. The second kappa shape index (κ2) is 8.63. The molecule has 2 saturated heterocycles. The fraction of sp³-hybridized carbons (Fsp3) is 0.524. The van der Waals surface area contributed by atoms with Gasteiger partial charge in [0.25, 0.3) is 5.91 Å². The van der Waals surface area contributed by atoms with Crippen LogP contribution < -0.4 is 4.74 Å². The van der Waals surface area contributed by atoms with Gasteiger partial charge >= 0.3 is 0 Å². The molecule has 2 unspecified atom stereocenters. The minimum atomic E-state index is -0.410. The van der Waals surface area contributed by atoms with Gasteiger partial charge in [-0.05, 0) is 44.7 Å². The number of carbonyl (C=O) groups is 2. The van der Waals surface area contributed by atoms with Gasteiger partial charge < -0.3 is 14.5 Å². The Morgan fingerprint density at radius 3 is 2.79 bits per heavy atom. The molecule has 8 heteroatoms. The predicted octanol–water partition coefficient (Wildman–Crippen LogP) is 2.15. The highest BCUT2D eigenvalue weighted by Crippen LogP contribution is 2.28. The van der Waals surface area contributed by atoms with Gasteiger partial charge in [-0.25, -0.2) is 9.67 Å². The molecule has 0 N–H and O–H groups in total. The minimum absolute atomic E-state index is 0.0366. The molecular formula is C21H27N5O3. The number of likely N-dealkylation sites (tertiary alicyclic amines) is 2. The molecule has 2 atom stereocenters. The summed E-state index contributed by atoms with van der Waals surface area (Å²) in [7, 11) is 0. The molecule has 0 saturated carbocycles. The standard InChI is InChI=1S/C21H27N5O3/c1-2-29-19-10-4-3-8-17(19)20(27)25-12-6-9-18(25)21(28)24-11-5-7-16(13-24)26-15-22-14-23-26/h3-4,8,10,14-16,18H,2,5-7,9,11-13H2,1H3. The van der Waals surface area contributed by atoms with Crippen molar-refractivity contribution < 1.29 is 14.3 Å². The lowest BCUT2D eigenvalue weighted by Gasteiger charge is -2.36. The molecule has 2 fully saturated rings. The molecule has 0 aliphatic carbocycles. The Kier molecular flexibility index (Phi) is 5.78. The third kappa shape index (κ3) is 3.97. The highest BCUT2D eigenvalue weighted by atomic mass is 16.5. The molecule has 2 aromatic rings. The van der Waals surface area contributed by atoms with Gasteiger partial charge in [0.2, 0.25) is 5.91 Å². The van der Waals surface area contributed by atoms with Gasteiger partial charge in [0.15, 0.2) is 0 Å². The molecule has 8 nitrogen and oxygen atoms in total. The van der Waals surface area contributed by atoms with Crippen molar-refractivity contribution in [2.75, 3.05) is 26.2 Å². The largest absolute Gasteiger partial charge is 0.493 e. The average Bonchev–Trinajstić information content (AvgIpc) is 3.46. The first kappa shape index (κ1) is 19.4. The van der Waals surface area contributed by atoms with Gasteiger partial charge in [-0.2, -0.15) is 5.10 Å². The van der Waals surface area contributed by atoms with Crippen molar-refractivity contribution in [2.45, 2.75) is 44.7 Å². The molecule has 2 aliphatic heterocycles. The second-order valence-corrected chi connectivity index (χ2v) is 7.54. The van der Waals surface area contributed by atoms with Crippen LogP contribution in [-0.4, -0.2) is 68.7 Å². The van der Waals surface area contributed by atoms with Crippen LogP contribution in [0.3, 0.4) is 0 Å². The molecule has 154 valence electrons. The summed E-state index contributed by atoms with van der Waals surface area (Å²) < 4.78 is 7.46. The number of nitrogens with zero attached hydrogens (tertiary/aromatic N) is 5.